The highest BCUT2D eigenvalue weighted by Crippen LogP contribution is 2.29. The number of aliphatic hydroxyl groups is 1. The predicted molar refractivity (Wildman–Crippen MR) is 77.8 cm³/mol. The first kappa shape index (κ1) is 14.7. The molecule has 1 saturated carbocycles. The van der Waals surface area contributed by atoms with Gasteiger partial charge in [0.25, 0.3) is 0 Å². The van der Waals surface area contributed by atoms with E-state index >= 15 is 0 Å². The average Bonchev–Trinajstić information content (AvgIpc) is 2.50. The van der Waals surface area contributed by atoms with Crippen LogP contribution in [0.3, 0.4) is 0 Å². The van der Waals surface area contributed by atoms with E-state index in [1.807, 2.05) is 0 Å². The molecule has 6 heteroatoms. The number of hydrogen-bond acceptors (Lipinski definition) is 4. The topological polar surface area (TPSA) is 86.7 Å². The number of amides is 4. The summed E-state index contributed by atoms with van der Waals surface area (Å²) >= 11 is 0. The molecule has 1 aromatic rings. The fourth-order valence-corrected chi connectivity index (χ4v) is 3.19. The zero-order valence-corrected chi connectivity index (χ0v) is 12.1. The summed E-state index contributed by atoms with van der Waals surface area (Å²) in [6, 6.07) is 7.84. The zero-order valence-electron chi connectivity index (χ0n) is 12.1. The Balaban J connectivity index is 1.86. The minimum atomic E-state index is -0.981. The van der Waals surface area contributed by atoms with Gasteiger partial charge in [-0.05, 0) is 31.2 Å². The lowest BCUT2D eigenvalue weighted by molar-refractivity contribution is -0.141. The van der Waals surface area contributed by atoms with E-state index in [4.69, 9.17) is 0 Å². The molecule has 3 rings (SSSR count). The molecule has 1 aliphatic heterocycles. The summed E-state index contributed by atoms with van der Waals surface area (Å²) in [6.07, 6.45) is 1.88. The summed E-state index contributed by atoms with van der Waals surface area (Å²) in [5.41, 5.74) is 0.582. The minimum absolute atomic E-state index is 0.254. The van der Waals surface area contributed by atoms with Gasteiger partial charge < -0.3 is 5.11 Å². The second-order valence-electron chi connectivity index (χ2n) is 5.81. The van der Waals surface area contributed by atoms with E-state index in [0.29, 0.717) is 31.2 Å². The van der Waals surface area contributed by atoms with E-state index in [9.17, 15) is 19.5 Å². The van der Waals surface area contributed by atoms with Crippen molar-refractivity contribution in [2.24, 2.45) is 0 Å². The van der Waals surface area contributed by atoms with Crippen LogP contribution in [0, 0.1) is 0 Å². The third-order valence-electron chi connectivity index (χ3n) is 4.36. The van der Waals surface area contributed by atoms with Crippen molar-refractivity contribution in [2.45, 2.75) is 43.7 Å². The molecule has 6 nitrogen and oxygen atoms in total. The molecule has 2 aliphatic rings. The quantitative estimate of drug-likeness (QED) is 0.802. The van der Waals surface area contributed by atoms with Crippen LogP contribution in [0.25, 0.3) is 0 Å². The first-order valence-electron chi connectivity index (χ1n) is 7.49. The van der Waals surface area contributed by atoms with Crippen LogP contribution in [-0.2, 0) is 9.59 Å². The predicted octanol–water partition coefficient (Wildman–Crippen LogP) is 1.15. The van der Waals surface area contributed by atoms with E-state index in [-0.39, 0.29) is 12.1 Å². The van der Waals surface area contributed by atoms with Crippen LogP contribution < -0.4 is 5.32 Å². The van der Waals surface area contributed by atoms with E-state index in [1.165, 1.54) is 4.90 Å². The van der Waals surface area contributed by atoms with Crippen molar-refractivity contribution in [3.8, 4) is 0 Å². The number of nitrogens with one attached hydrogen (secondary N) is 1. The van der Waals surface area contributed by atoms with Gasteiger partial charge in [0.05, 0.1) is 6.10 Å². The summed E-state index contributed by atoms with van der Waals surface area (Å²) in [4.78, 5) is 38.0. The second kappa shape index (κ2) is 5.88. The second-order valence-corrected chi connectivity index (χ2v) is 5.81. The largest absolute Gasteiger partial charge is 0.393 e. The van der Waals surface area contributed by atoms with Crippen molar-refractivity contribution in [3.63, 3.8) is 0 Å². The maximum absolute atomic E-state index is 12.7. The molecule has 1 saturated heterocycles. The molecule has 4 amide bonds. The highest BCUT2D eigenvalue weighted by atomic mass is 16.3. The first-order chi connectivity index (χ1) is 10.6. The third-order valence-corrected chi connectivity index (χ3v) is 4.36. The Labute approximate surface area is 128 Å². The summed E-state index contributed by atoms with van der Waals surface area (Å²) in [7, 11) is 0. The van der Waals surface area contributed by atoms with Crippen LogP contribution in [0.4, 0.5) is 4.79 Å². The van der Waals surface area contributed by atoms with Crippen molar-refractivity contribution in [3.05, 3.63) is 35.9 Å². The molecule has 0 spiro atoms. The molecule has 1 atom stereocenters. The highest BCUT2D eigenvalue weighted by Gasteiger charge is 2.44. The van der Waals surface area contributed by atoms with Crippen LogP contribution in [0.2, 0.25) is 0 Å². The van der Waals surface area contributed by atoms with Gasteiger partial charge in [-0.3, -0.25) is 19.8 Å². The first-order valence-corrected chi connectivity index (χ1v) is 7.49. The lowest BCUT2D eigenvalue weighted by Crippen LogP contribution is -2.60. The smallest absolute Gasteiger partial charge is 0.331 e. The summed E-state index contributed by atoms with van der Waals surface area (Å²) in [6.45, 7) is 0. The number of carbonyl (C=O) groups excluding carboxylic acids is 3. The maximum atomic E-state index is 12.7. The summed E-state index contributed by atoms with van der Waals surface area (Å²) in [5, 5.41) is 11.9. The van der Waals surface area contributed by atoms with Crippen LogP contribution in [-0.4, -0.2) is 40.0 Å². The Morgan fingerprint density at radius 1 is 1.00 bits per heavy atom. The summed E-state index contributed by atoms with van der Waals surface area (Å²) in [5.74, 6) is -2.03. The van der Waals surface area contributed by atoms with Crippen molar-refractivity contribution in [2.75, 3.05) is 0 Å². The standard InChI is InChI=1S/C16H18N2O4/c19-12-8-6-11(7-9-12)18-15(21)13(14(20)17-16(18)22)10-4-2-1-3-5-10/h1-5,11-13,19H,6-9H2,(H,17,20,22). The fraction of sp³-hybridized carbons (Fsp3) is 0.438. The van der Waals surface area contributed by atoms with Gasteiger partial charge in [-0.1, -0.05) is 30.3 Å². The Kier molecular flexibility index (Phi) is 3.94. The normalized spacial score (nSPS) is 29.4. The van der Waals surface area contributed by atoms with Crippen molar-refractivity contribution >= 4 is 17.8 Å². The van der Waals surface area contributed by atoms with Crippen LogP contribution >= 0.6 is 0 Å². The van der Waals surface area contributed by atoms with Crippen LogP contribution in [0.15, 0.2) is 30.3 Å². The lowest BCUT2D eigenvalue weighted by atomic mass is 9.89. The minimum Gasteiger partial charge on any atom is -0.393 e. The molecular weight excluding hydrogens is 284 g/mol. The van der Waals surface area contributed by atoms with Crippen LogP contribution in [0.5, 0.6) is 0 Å². The summed E-state index contributed by atoms with van der Waals surface area (Å²) < 4.78 is 0. The Hall–Kier alpha value is -2.21. The molecule has 2 fully saturated rings. The van der Waals surface area contributed by atoms with Gasteiger partial charge in [-0.2, -0.15) is 0 Å². The number of carbonyl (C=O) groups is 3. The molecule has 0 radical (unpaired) electrons. The zero-order chi connectivity index (χ0) is 15.7. The molecule has 22 heavy (non-hydrogen) atoms. The molecule has 0 aromatic heterocycles. The molecule has 1 aromatic carbocycles. The van der Waals surface area contributed by atoms with Crippen molar-refractivity contribution in [1.29, 1.82) is 0 Å². The van der Waals surface area contributed by atoms with Gasteiger partial charge >= 0.3 is 6.03 Å². The fourth-order valence-electron chi connectivity index (χ4n) is 3.19. The number of rotatable bonds is 2. The van der Waals surface area contributed by atoms with Gasteiger partial charge in [0.15, 0.2) is 0 Å². The van der Waals surface area contributed by atoms with Crippen molar-refractivity contribution < 1.29 is 19.5 Å². The number of hydrogen-bond donors (Lipinski definition) is 2. The number of aliphatic hydroxyl groups excluding tert-OH is 1. The van der Waals surface area contributed by atoms with Gasteiger partial charge in [-0.15, -0.1) is 0 Å². The third kappa shape index (κ3) is 2.62. The van der Waals surface area contributed by atoms with Crippen molar-refractivity contribution in [1.82, 2.24) is 10.2 Å². The molecule has 2 N–H and O–H groups in total. The van der Waals surface area contributed by atoms with E-state index in [2.05, 4.69) is 5.32 Å². The number of urea groups is 1. The van der Waals surface area contributed by atoms with Gasteiger partial charge in [0.1, 0.15) is 5.92 Å². The Morgan fingerprint density at radius 2 is 1.64 bits per heavy atom. The maximum Gasteiger partial charge on any atom is 0.331 e. The average molecular weight is 302 g/mol. The Bertz CT molecular complexity index is 593. The van der Waals surface area contributed by atoms with E-state index < -0.39 is 23.8 Å². The van der Waals surface area contributed by atoms with Gasteiger partial charge in [-0.25, -0.2) is 4.79 Å². The number of benzene rings is 1. The number of nitrogens with zero attached hydrogens (tertiary/aromatic N) is 1. The van der Waals surface area contributed by atoms with Gasteiger partial charge in [0.2, 0.25) is 11.8 Å². The molecule has 0 bridgehead atoms. The number of imide groups is 2. The molecular formula is C16H18N2O4. The molecule has 116 valence electrons. The lowest BCUT2D eigenvalue weighted by Gasteiger charge is -2.38. The van der Waals surface area contributed by atoms with Gasteiger partial charge in [0, 0.05) is 6.04 Å². The van der Waals surface area contributed by atoms with E-state index in [0.717, 1.165) is 0 Å². The molecule has 1 aliphatic carbocycles. The molecule has 1 unspecified atom stereocenters. The monoisotopic (exact) mass is 302 g/mol. The SMILES string of the molecule is O=C1NC(=O)N(C2CCC(O)CC2)C(=O)C1c1ccccc1. The number of barbiturate groups is 1. The molecule has 1 heterocycles. The highest BCUT2D eigenvalue weighted by molar-refractivity contribution is 6.19. The Morgan fingerprint density at radius 3 is 2.27 bits per heavy atom. The van der Waals surface area contributed by atoms with E-state index in [1.54, 1.807) is 30.3 Å². The van der Waals surface area contributed by atoms with Crippen LogP contribution in [0.1, 0.15) is 37.2 Å².